The Morgan fingerprint density at radius 2 is 1.74 bits per heavy atom. The van der Waals surface area contributed by atoms with Crippen molar-refractivity contribution in [2.24, 2.45) is 0 Å². The summed E-state index contributed by atoms with van der Waals surface area (Å²) in [6.45, 7) is -0.176. The van der Waals surface area contributed by atoms with Gasteiger partial charge < -0.3 is 14.8 Å². The summed E-state index contributed by atoms with van der Waals surface area (Å²) in [5.74, 6) is -0.267. The topological polar surface area (TPSA) is 64.6 Å². The molecule has 1 aromatic heterocycles. The van der Waals surface area contributed by atoms with Crippen molar-refractivity contribution in [2.45, 2.75) is 0 Å². The largest absolute Gasteiger partial charge is 0.484 e. The van der Waals surface area contributed by atoms with Gasteiger partial charge in [-0.1, -0.05) is 58.4 Å². The fourth-order valence-electron chi connectivity index (χ4n) is 3.17. The van der Waals surface area contributed by atoms with Crippen LogP contribution in [0.25, 0.3) is 21.9 Å². The number of esters is 1. The Hall–Kier alpha value is -3.16. The number of benzene rings is 3. The standard InChI is InChI=1S/C24H18BrNO4S/c1-29-24(28)22-20(16-6-9-18(25)10-7-16)14-31-23(22)26-21(27)13-30-19-11-8-15-4-2-3-5-17(15)12-19/h2-12,14H,13H2,1H3,(H,26,27). The minimum Gasteiger partial charge on any atom is -0.484 e. The van der Waals surface area contributed by atoms with Crippen LogP contribution in [0.5, 0.6) is 5.75 Å². The lowest BCUT2D eigenvalue weighted by Crippen LogP contribution is -2.21. The van der Waals surface area contributed by atoms with Gasteiger partial charge in [0.15, 0.2) is 6.61 Å². The van der Waals surface area contributed by atoms with Crippen molar-refractivity contribution >= 4 is 54.9 Å². The second-order valence-electron chi connectivity index (χ2n) is 6.70. The van der Waals surface area contributed by atoms with Crippen LogP contribution < -0.4 is 10.1 Å². The predicted octanol–water partition coefficient (Wildman–Crippen LogP) is 6.13. The van der Waals surface area contributed by atoms with Crippen molar-refractivity contribution in [1.82, 2.24) is 0 Å². The average Bonchev–Trinajstić information content (AvgIpc) is 3.20. The van der Waals surface area contributed by atoms with Gasteiger partial charge in [-0.3, -0.25) is 4.79 Å². The van der Waals surface area contributed by atoms with Crippen LogP contribution >= 0.6 is 27.3 Å². The van der Waals surface area contributed by atoms with Gasteiger partial charge in [0.1, 0.15) is 16.3 Å². The van der Waals surface area contributed by atoms with Crippen molar-refractivity contribution in [3.63, 3.8) is 0 Å². The van der Waals surface area contributed by atoms with Crippen LogP contribution in [-0.2, 0) is 9.53 Å². The monoisotopic (exact) mass is 495 g/mol. The second kappa shape index (κ2) is 9.32. The number of anilines is 1. The van der Waals surface area contributed by atoms with E-state index in [1.165, 1.54) is 18.4 Å². The molecule has 31 heavy (non-hydrogen) atoms. The van der Waals surface area contributed by atoms with Crippen LogP contribution in [-0.4, -0.2) is 25.6 Å². The second-order valence-corrected chi connectivity index (χ2v) is 8.49. The molecular formula is C24H18BrNO4S. The van der Waals surface area contributed by atoms with Crippen LogP contribution in [0.4, 0.5) is 5.00 Å². The minimum atomic E-state index is -0.509. The number of thiophene rings is 1. The van der Waals surface area contributed by atoms with E-state index >= 15 is 0 Å². The van der Waals surface area contributed by atoms with Gasteiger partial charge in [-0.25, -0.2) is 4.79 Å². The first-order valence-electron chi connectivity index (χ1n) is 9.42. The Labute approximate surface area is 191 Å². The van der Waals surface area contributed by atoms with Crippen LogP contribution in [0.3, 0.4) is 0 Å². The van der Waals surface area contributed by atoms with Crippen molar-refractivity contribution in [3.8, 4) is 16.9 Å². The Morgan fingerprint density at radius 3 is 2.48 bits per heavy atom. The van der Waals surface area contributed by atoms with Crippen molar-refractivity contribution in [2.75, 3.05) is 19.0 Å². The number of rotatable bonds is 6. The molecule has 0 unspecified atom stereocenters. The molecule has 0 radical (unpaired) electrons. The molecule has 5 nitrogen and oxygen atoms in total. The molecule has 0 aliphatic rings. The van der Waals surface area contributed by atoms with E-state index in [2.05, 4.69) is 21.2 Å². The average molecular weight is 496 g/mol. The van der Waals surface area contributed by atoms with Crippen LogP contribution in [0.1, 0.15) is 10.4 Å². The highest BCUT2D eigenvalue weighted by atomic mass is 79.9. The number of amides is 1. The maximum atomic E-state index is 12.5. The minimum absolute atomic E-state index is 0.176. The van der Waals surface area contributed by atoms with E-state index < -0.39 is 5.97 Å². The van der Waals surface area contributed by atoms with Crippen molar-refractivity contribution in [1.29, 1.82) is 0 Å². The Bertz CT molecular complexity index is 1250. The molecule has 4 aromatic rings. The molecule has 0 aliphatic heterocycles. The number of fused-ring (bicyclic) bond motifs is 1. The van der Waals surface area contributed by atoms with Gasteiger partial charge in [-0.05, 0) is 40.6 Å². The number of ether oxygens (including phenoxy) is 2. The van der Waals surface area contributed by atoms with E-state index in [0.717, 1.165) is 20.8 Å². The highest BCUT2D eigenvalue weighted by Crippen LogP contribution is 2.36. The normalized spacial score (nSPS) is 10.6. The third kappa shape index (κ3) is 4.78. The molecule has 0 saturated carbocycles. The lowest BCUT2D eigenvalue weighted by Gasteiger charge is -2.09. The van der Waals surface area contributed by atoms with Crippen molar-refractivity contribution < 1.29 is 19.1 Å². The number of methoxy groups -OCH3 is 1. The first kappa shape index (κ1) is 21.1. The van der Waals surface area contributed by atoms with Crippen LogP contribution in [0.15, 0.2) is 76.6 Å². The summed E-state index contributed by atoms with van der Waals surface area (Å²) < 4.78 is 11.5. The summed E-state index contributed by atoms with van der Waals surface area (Å²) in [4.78, 5) is 24.9. The molecule has 156 valence electrons. The highest BCUT2D eigenvalue weighted by Gasteiger charge is 2.22. The zero-order chi connectivity index (χ0) is 21.8. The molecule has 4 rings (SSSR count). The Morgan fingerprint density at radius 1 is 1.00 bits per heavy atom. The van der Waals surface area contributed by atoms with Gasteiger partial charge in [-0.15, -0.1) is 11.3 Å². The van der Waals surface area contributed by atoms with E-state index in [-0.39, 0.29) is 12.5 Å². The first-order valence-corrected chi connectivity index (χ1v) is 11.1. The van der Waals surface area contributed by atoms with Gasteiger partial charge in [0.25, 0.3) is 5.91 Å². The molecule has 0 fully saturated rings. The van der Waals surface area contributed by atoms with E-state index in [1.807, 2.05) is 72.1 Å². The van der Waals surface area contributed by atoms with E-state index in [1.54, 1.807) is 0 Å². The molecule has 0 aliphatic carbocycles. The molecular weight excluding hydrogens is 478 g/mol. The fourth-order valence-corrected chi connectivity index (χ4v) is 4.40. The molecule has 1 amide bonds. The smallest absolute Gasteiger partial charge is 0.341 e. The van der Waals surface area contributed by atoms with Gasteiger partial charge in [0.05, 0.1) is 7.11 Å². The molecule has 0 atom stereocenters. The van der Waals surface area contributed by atoms with E-state index in [0.29, 0.717) is 21.9 Å². The summed E-state index contributed by atoms with van der Waals surface area (Å²) in [6.07, 6.45) is 0. The maximum Gasteiger partial charge on any atom is 0.341 e. The molecule has 7 heteroatoms. The molecule has 1 heterocycles. The van der Waals surface area contributed by atoms with E-state index in [9.17, 15) is 9.59 Å². The number of hydrogen-bond donors (Lipinski definition) is 1. The van der Waals surface area contributed by atoms with Gasteiger partial charge >= 0.3 is 5.97 Å². The molecule has 3 aromatic carbocycles. The zero-order valence-electron chi connectivity index (χ0n) is 16.6. The number of carbonyl (C=O) groups is 2. The molecule has 1 N–H and O–H groups in total. The van der Waals surface area contributed by atoms with Crippen LogP contribution in [0, 0.1) is 0 Å². The Kier molecular flexibility index (Phi) is 6.34. The highest BCUT2D eigenvalue weighted by molar-refractivity contribution is 9.10. The maximum absolute atomic E-state index is 12.5. The Balaban J connectivity index is 1.50. The summed E-state index contributed by atoms with van der Waals surface area (Å²) >= 11 is 4.68. The SMILES string of the molecule is COC(=O)c1c(-c2ccc(Br)cc2)csc1NC(=O)COc1ccc2ccccc2c1. The number of nitrogens with one attached hydrogen (secondary N) is 1. The first-order chi connectivity index (χ1) is 15.0. The van der Waals surface area contributed by atoms with Crippen molar-refractivity contribution in [3.05, 3.63) is 82.1 Å². The summed E-state index contributed by atoms with van der Waals surface area (Å²) in [5.41, 5.74) is 1.89. The van der Waals surface area contributed by atoms with Gasteiger partial charge in [-0.2, -0.15) is 0 Å². The number of carbonyl (C=O) groups excluding carboxylic acids is 2. The van der Waals surface area contributed by atoms with Gasteiger partial charge in [0.2, 0.25) is 0 Å². The molecule has 0 bridgehead atoms. The quantitative estimate of drug-likeness (QED) is 0.326. The number of halogens is 1. The third-order valence-electron chi connectivity index (χ3n) is 4.68. The van der Waals surface area contributed by atoms with Gasteiger partial charge in [0, 0.05) is 15.4 Å². The number of hydrogen-bond acceptors (Lipinski definition) is 5. The zero-order valence-corrected chi connectivity index (χ0v) is 19.0. The lowest BCUT2D eigenvalue weighted by atomic mass is 10.0. The molecule has 0 spiro atoms. The fraction of sp³-hybridized carbons (Fsp3) is 0.0833. The summed E-state index contributed by atoms with van der Waals surface area (Å²) in [7, 11) is 1.32. The third-order valence-corrected chi connectivity index (χ3v) is 6.10. The predicted molar refractivity (Wildman–Crippen MR) is 127 cm³/mol. The molecule has 0 saturated heterocycles. The van der Waals surface area contributed by atoms with Crippen LogP contribution in [0.2, 0.25) is 0 Å². The van der Waals surface area contributed by atoms with E-state index in [4.69, 9.17) is 9.47 Å². The summed E-state index contributed by atoms with van der Waals surface area (Å²) in [5, 5.41) is 7.17. The lowest BCUT2D eigenvalue weighted by molar-refractivity contribution is -0.118. The summed E-state index contributed by atoms with van der Waals surface area (Å²) in [6, 6.07) is 21.2.